The second-order valence-electron chi connectivity index (χ2n) is 6.43. The number of ether oxygens (including phenoxy) is 1. The highest BCUT2D eigenvalue weighted by molar-refractivity contribution is 5.94. The predicted octanol–water partition coefficient (Wildman–Crippen LogP) is 3.02. The zero-order valence-electron chi connectivity index (χ0n) is 15.3. The summed E-state index contributed by atoms with van der Waals surface area (Å²) in [6, 6.07) is 9.48. The molecule has 0 spiro atoms. The van der Waals surface area contributed by atoms with Gasteiger partial charge in [0.25, 0.3) is 0 Å². The van der Waals surface area contributed by atoms with E-state index in [0.717, 1.165) is 28.2 Å². The van der Waals surface area contributed by atoms with Gasteiger partial charge in [0, 0.05) is 29.4 Å². The Kier molecular flexibility index (Phi) is 4.35. The second-order valence-corrected chi connectivity index (χ2v) is 6.43. The van der Waals surface area contributed by atoms with Crippen molar-refractivity contribution in [2.24, 2.45) is 0 Å². The van der Waals surface area contributed by atoms with Crippen LogP contribution in [0.25, 0.3) is 16.9 Å². The van der Waals surface area contributed by atoms with Gasteiger partial charge in [-0.1, -0.05) is 13.0 Å². The number of fused-ring (bicyclic) bond motifs is 2. The number of carbonyl (C=O) groups excluding carboxylic acids is 2. The standard InChI is InChI=1S/C20H20N4O3/c1-3-14-10-17(20(26)27-4-2)21-18-11-16(23-24(14)18)13-5-7-15-12(9-13)6-8-19(25)22-15/h5,7,9-11H,3-4,6,8H2,1-2H3,(H,22,25). The predicted molar refractivity (Wildman–Crippen MR) is 101 cm³/mol. The van der Waals surface area contributed by atoms with Crippen LogP contribution in [0.4, 0.5) is 5.69 Å². The molecule has 1 N–H and O–H groups in total. The number of esters is 1. The van der Waals surface area contributed by atoms with Gasteiger partial charge in [-0.25, -0.2) is 14.3 Å². The van der Waals surface area contributed by atoms with Crippen molar-refractivity contribution in [3.63, 3.8) is 0 Å². The van der Waals surface area contributed by atoms with Crippen LogP contribution in [-0.4, -0.2) is 33.1 Å². The van der Waals surface area contributed by atoms with Crippen LogP contribution in [0.5, 0.6) is 0 Å². The Bertz CT molecular complexity index is 1050. The third-order valence-corrected chi connectivity index (χ3v) is 4.64. The quantitative estimate of drug-likeness (QED) is 0.719. The molecule has 3 aromatic rings. The van der Waals surface area contributed by atoms with Gasteiger partial charge >= 0.3 is 5.97 Å². The smallest absolute Gasteiger partial charge is 0.357 e. The summed E-state index contributed by atoms with van der Waals surface area (Å²) in [5.74, 6) is -0.381. The fraction of sp³-hybridized carbons (Fsp3) is 0.300. The van der Waals surface area contributed by atoms with E-state index in [1.54, 1.807) is 17.5 Å². The summed E-state index contributed by atoms with van der Waals surface area (Å²) in [4.78, 5) is 28.0. The minimum atomic E-state index is -0.429. The fourth-order valence-electron chi connectivity index (χ4n) is 3.28. The van der Waals surface area contributed by atoms with Crippen molar-refractivity contribution in [1.82, 2.24) is 14.6 Å². The van der Waals surface area contributed by atoms with Crippen molar-refractivity contribution < 1.29 is 14.3 Å². The highest BCUT2D eigenvalue weighted by Crippen LogP contribution is 2.29. The minimum Gasteiger partial charge on any atom is -0.461 e. The van der Waals surface area contributed by atoms with E-state index in [1.807, 2.05) is 25.1 Å². The van der Waals surface area contributed by atoms with Crippen molar-refractivity contribution in [3.8, 4) is 11.3 Å². The third kappa shape index (κ3) is 3.16. The van der Waals surface area contributed by atoms with Crippen LogP contribution in [0.3, 0.4) is 0 Å². The average molecular weight is 364 g/mol. The number of nitrogens with one attached hydrogen (secondary N) is 1. The van der Waals surface area contributed by atoms with Gasteiger partial charge in [0.05, 0.1) is 12.3 Å². The van der Waals surface area contributed by atoms with Crippen molar-refractivity contribution in [1.29, 1.82) is 0 Å². The van der Waals surface area contributed by atoms with E-state index in [9.17, 15) is 9.59 Å². The Balaban J connectivity index is 1.77. The first-order chi connectivity index (χ1) is 13.1. The summed E-state index contributed by atoms with van der Waals surface area (Å²) < 4.78 is 6.84. The molecule has 4 rings (SSSR count). The maximum absolute atomic E-state index is 12.1. The molecule has 7 heteroatoms. The number of hydrogen-bond acceptors (Lipinski definition) is 5. The van der Waals surface area contributed by atoms with Crippen LogP contribution in [0.1, 0.15) is 42.0 Å². The Morgan fingerprint density at radius 1 is 1.22 bits per heavy atom. The lowest BCUT2D eigenvalue weighted by Gasteiger charge is -2.17. The molecule has 0 atom stereocenters. The third-order valence-electron chi connectivity index (χ3n) is 4.64. The minimum absolute atomic E-state index is 0.0475. The summed E-state index contributed by atoms with van der Waals surface area (Å²) in [7, 11) is 0. The molecule has 0 unspecified atom stereocenters. The van der Waals surface area contributed by atoms with Gasteiger partial charge in [-0.3, -0.25) is 4.79 Å². The van der Waals surface area contributed by atoms with E-state index in [4.69, 9.17) is 4.74 Å². The molecule has 0 aliphatic carbocycles. The first-order valence-corrected chi connectivity index (χ1v) is 9.09. The summed E-state index contributed by atoms with van der Waals surface area (Å²) in [5.41, 5.74) is 5.47. The first kappa shape index (κ1) is 17.2. The molecule has 0 saturated carbocycles. The van der Waals surface area contributed by atoms with E-state index in [2.05, 4.69) is 21.5 Å². The molecule has 27 heavy (non-hydrogen) atoms. The van der Waals surface area contributed by atoms with Crippen LogP contribution >= 0.6 is 0 Å². The Morgan fingerprint density at radius 3 is 2.85 bits per heavy atom. The number of amides is 1. The monoisotopic (exact) mass is 364 g/mol. The number of carbonyl (C=O) groups is 2. The Hall–Kier alpha value is -3.22. The normalized spacial score (nSPS) is 13.3. The maximum Gasteiger partial charge on any atom is 0.357 e. The zero-order valence-corrected chi connectivity index (χ0v) is 15.3. The van der Waals surface area contributed by atoms with Gasteiger partial charge in [0.15, 0.2) is 11.3 Å². The van der Waals surface area contributed by atoms with Gasteiger partial charge in [0.1, 0.15) is 0 Å². The summed E-state index contributed by atoms with van der Waals surface area (Å²) in [6.45, 7) is 4.09. The molecule has 2 aromatic heterocycles. The van der Waals surface area contributed by atoms with Crippen molar-refractivity contribution in [2.75, 3.05) is 11.9 Å². The fourth-order valence-corrected chi connectivity index (χ4v) is 3.28. The summed E-state index contributed by atoms with van der Waals surface area (Å²) >= 11 is 0. The highest BCUT2D eigenvalue weighted by Gasteiger charge is 2.18. The molecule has 0 radical (unpaired) electrons. The van der Waals surface area contributed by atoms with E-state index in [1.165, 1.54) is 0 Å². The molecule has 1 aromatic carbocycles. The number of nitrogens with zero attached hydrogens (tertiary/aromatic N) is 3. The van der Waals surface area contributed by atoms with Gasteiger partial charge in [0.2, 0.25) is 5.91 Å². The van der Waals surface area contributed by atoms with Gasteiger partial charge in [-0.15, -0.1) is 0 Å². The molecule has 3 heterocycles. The first-order valence-electron chi connectivity index (χ1n) is 9.09. The SMILES string of the molecule is CCOC(=O)c1cc(CC)n2nc(-c3ccc4c(c3)CCC(=O)N4)cc2n1. The van der Waals surface area contributed by atoms with Crippen LogP contribution in [0.15, 0.2) is 30.3 Å². The molecule has 0 fully saturated rings. The average Bonchev–Trinajstić information content (AvgIpc) is 3.11. The molecule has 0 saturated heterocycles. The maximum atomic E-state index is 12.1. The number of hydrogen-bond donors (Lipinski definition) is 1. The van der Waals surface area contributed by atoms with Crippen LogP contribution in [0, 0.1) is 0 Å². The lowest BCUT2D eigenvalue weighted by atomic mass is 9.99. The summed E-state index contributed by atoms with van der Waals surface area (Å²) in [5, 5.41) is 7.57. The summed E-state index contributed by atoms with van der Waals surface area (Å²) in [6.07, 6.45) is 1.92. The van der Waals surface area contributed by atoms with Crippen LogP contribution in [-0.2, 0) is 22.4 Å². The van der Waals surface area contributed by atoms with Crippen LogP contribution < -0.4 is 5.32 Å². The lowest BCUT2D eigenvalue weighted by molar-refractivity contribution is -0.116. The largest absolute Gasteiger partial charge is 0.461 e. The number of rotatable bonds is 4. The van der Waals surface area contributed by atoms with E-state index in [-0.39, 0.29) is 5.91 Å². The molecular formula is C20H20N4O3. The number of aromatic nitrogens is 3. The molecule has 1 aliphatic heterocycles. The topological polar surface area (TPSA) is 85.6 Å². The number of aryl methyl sites for hydroxylation is 2. The van der Waals surface area contributed by atoms with Crippen molar-refractivity contribution in [3.05, 3.63) is 47.3 Å². The van der Waals surface area contributed by atoms with Crippen molar-refractivity contribution >= 4 is 23.2 Å². The molecule has 7 nitrogen and oxygen atoms in total. The van der Waals surface area contributed by atoms with E-state index >= 15 is 0 Å². The molecule has 0 bridgehead atoms. The Labute approximate surface area is 156 Å². The zero-order chi connectivity index (χ0) is 19.0. The molecular weight excluding hydrogens is 344 g/mol. The highest BCUT2D eigenvalue weighted by atomic mass is 16.5. The Morgan fingerprint density at radius 2 is 2.07 bits per heavy atom. The van der Waals surface area contributed by atoms with Crippen LogP contribution in [0.2, 0.25) is 0 Å². The molecule has 138 valence electrons. The number of anilines is 1. The number of benzene rings is 1. The van der Waals surface area contributed by atoms with E-state index < -0.39 is 5.97 Å². The molecule has 1 aliphatic rings. The van der Waals surface area contributed by atoms with Gasteiger partial charge in [-0.2, -0.15) is 5.10 Å². The van der Waals surface area contributed by atoms with Crippen molar-refractivity contribution in [2.45, 2.75) is 33.1 Å². The lowest BCUT2D eigenvalue weighted by Crippen LogP contribution is -2.18. The van der Waals surface area contributed by atoms with Gasteiger partial charge in [-0.05, 0) is 43.5 Å². The molecule has 1 amide bonds. The second kappa shape index (κ2) is 6.83. The van der Waals surface area contributed by atoms with Gasteiger partial charge < -0.3 is 10.1 Å². The van der Waals surface area contributed by atoms with E-state index in [0.29, 0.717) is 37.2 Å².